The first-order valence-corrected chi connectivity index (χ1v) is 10.0. The Morgan fingerprint density at radius 2 is 1.71 bits per heavy atom. The number of ether oxygens (including phenoxy) is 1. The summed E-state index contributed by atoms with van der Waals surface area (Å²) in [7, 11) is -1.20. The predicted molar refractivity (Wildman–Crippen MR) is 98.7 cm³/mol. The molecule has 5 nitrogen and oxygen atoms in total. The van der Waals surface area contributed by atoms with Crippen LogP contribution in [0, 0.1) is 5.41 Å². The van der Waals surface area contributed by atoms with Crippen molar-refractivity contribution in [1.29, 1.82) is 0 Å². The van der Waals surface area contributed by atoms with E-state index in [0.29, 0.717) is 13.1 Å². The standard InChI is InChI=1S/C18H32N2O3S/c1-16(2,3)23-15(21)20-12-10-18(11-13-20)9-7-8-14(18)19-24(22)17(4,5)6/h7-13H2,1-6H3/t24-/m1/s1. The van der Waals surface area contributed by atoms with E-state index in [1.54, 1.807) is 4.90 Å². The maximum absolute atomic E-state index is 12.4. The number of piperidine rings is 1. The summed E-state index contributed by atoms with van der Waals surface area (Å²) in [5.41, 5.74) is 0.689. The second kappa shape index (κ2) is 6.77. The highest BCUT2D eigenvalue weighted by Gasteiger charge is 2.44. The first-order chi connectivity index (χ1) is 10.9. The van der Waals surface area contributed by atoms with E-state index in [-0.39, 0.29) is 16.3 Å². The van der Waals surface area contributed by atoms with Gasteiger partial charge in [0, 0.05) is 24.2 Å². The Hall–Kier alpha value is -0.910. The predicted octanol–water partition coefficient (Wildman–Crippen LogP) is 4.09. The Morgan fingerprint density at radius 3 is 2.21 bits per heavy atom. The zero-order chi connectivity index (χ0) is 18.2. The fourth-order valence-corrected chi connectivity index (χ4v) is 4.12. The van der Waals surface area contributed by atoms with Crippen molar-refractivity contribution < 1.29 is 13.7 Å². The summed E-state index contributed by atoms with van der Waals surface area (Å²) in [5, 5.41) is 0. The zero-order valence-electron chi connectivity index (χ0n) is 16.0. The third-order valence-corrected chi connectivity index (χ3v) is 6.20. The van der Waals surface area contributed by atoms with Crippen LogP contribution in [0.4, 0.5) is 4.79 Å². The summed E-state index contributed by atoms with van der Waals surface area (Å²) in [6.07, 6.45) is 4.70. The van der Waals surface area contributed by atoms with Gasteiger partial charge in [0.2, 0.25) is 0 Å². The summed E-state index contributed by atoms with van der Waals surface area (Å²) < 4.78 is 22.2. The molecule has 0 bridgehead atoms. The fourth-order valence-electron chi connectivity index (χ4n) is 3.37. The van der Waals surface area contributed by atoms with Gasteiger partial charge in [-0.05, 0) is 73.6 Å². The maximum Gasteiger partial charge on any atom is 0.410 e. The van der Waals surface area contributed by atoms with Gasteiger partial charge < -0.3 is 9.64 Å². The maximum atomic E-state index is 12.4. The van der Waals surface area contributed by atoms with E-state index in [2.05, 4.69) is 4.40 Å². The van der Waals surface area contributed by atoms with Crippen molar-refractivity contribution in [2.75, 3.05) is 13.1 Å². The summed E-state index contributed by atoms with van der Waals surface area (Å²) in [5.74, 6) is 0. The van der Waals surface area contributed by atoms with E-state index in [1.165, 1.54) is 0 Å². The van der Waals surface area contributed by atoms with Gasteiger partial charge in [-0.25, -0.2) is 9.00 Å². The summed E-state index contributed by atoms with van der Waals surface area (Å²) in [4.78, 5) is 14.0. The number of hydrogen-bond acceptors (Lipinski definition) is 3. The molecule has 1 amide bonds. The van der Waals surface area contributed by atoms with E-state index in [9.17, 15) is 9.00 Å². The summed E-state index contributed by atoms with van der Waals surface area (Å²) >= 11 is 0. The molecule has 1 atom stereocenters. The minimum absolute atomic E-state index is 0.0411. The highest BCUT2D eigenvalue weighted by Crippen LogP contribution is 2.45. The van der Waals surface area contributed by atoms with Crippen LogP contribution < -0.4 is 0 Å². The molecule has 6 heteroatoms. The van der Waals surface area contributed by atoms with Gasteiger partial charge in [-0.2, -0.15) is 4.40 Å². The van der Waals surface area contributed by atoms with Gasteiger partial charge in [-0.1, -0.05) is 0 Å². The molecular weight excluding hydrogens is 324 g/mol. The summed E-state index contributed by atoms with van der Waals surface area (Å²) in [6.45, 7) is 12.9. The van der Waals surface area contributed by atoms with Crippen LogP contribution in [0.2, 0.25) is 0 Å². The first-order valence-electron chi connectivity index (χ1n) is 8.91. The molecule has 0 aromatic heterocycles. The molecule has 1 aliphatic carbocycles. The van der Waals surface area contributed by atoms with Gasteiger partial charge in [0.15, 0.2) is 0 Å². The number of nitrogens with zero attached hydrogens (tertiary/aromatic N) is 2. The Morgan fingerprint density at radius 1 is 1.12 bits per heavy atom. The SMILES string of the molecule is CC(C)(C)OC(=O)N1CCC2(CCCC2=N[S@](=O)C(C)(C)C)CC1. The molecule has 1 saturated heterocycles. The highest BCUT2D eigenvalue weighted by atomic mass is 32.2. The molecular formula is C18H32N2O3S. The number of amides is 1. The molecule has 0 N–H and O–H groups in total. The quantitative estimate of drug-likeness (QED) is 0.711. The van der Waals surface area contributed by atoms with Crippen LogP contribution >= 0.6 is 0 Å². The zero-order valence-corrected chi connectivity index (χ0v) is 16.8. The Balaban J connectivity index is 2.05. The minimum atomic E-state index is -1.20. The molecule has 1 heterocycles. The number of likely N-dealkylation sites (tertiary alicyclic amines) is 1. The van der Waals surface area contributed by atoms with Gasteiger partial charge in [0.1, 0.15) is 16.6 Å². The smallest absolute Gasteiger partial charge is 0.410 e. The van der Waals surface area contributed by atoms with Crippen LogP contribution in [-0.2, 0) is 15.7 Å². The van der Waals surface area contributed by atoms with Crippen molar-refractivity contribution in [1.82, 2.24) is 4.90 Å². The number of hydrogen-bond donors (Lipinski definition) is 0. The van der Waals surface area contributed by atoms with E-state index >= 15 is 0 Å². The lowest BCUT2D eigenvalue weighted by Gasteiger charge is -2.40. The lowest BCUT2D eigenvalue weighted by atomic mass is 9.76. The van der Waals surface area contributed by atoms with Crippen LogP contribution in [0.25, 0.3) is 0 Å². The molecule has 2 aliphatic rings. The molecule has 0 radical (unpaired) electrons. The van der Waals surface area contributed by atoms with E-state index in [1.807, 2.05) is 41.5 Å². The molecule has 1 spiro atoms. The van der Waals surface area contributed by atoms with Gasteiger partial charge in [-0.3, -0.25) is 0 Å². The monoisotopic (exact) mass is 356 g/mol. The first kappa shape index (κ1) is 19.4. The van der Waals surface area contributed by atoms with Crippen molar-refractivity contribution in [3.05, 3.63) is 0 Å². The molecule has 0 unspecified atom stereocenters. The fraction of sp³-hybridized carbons (Fsp3) is 0.889. The largest absolute Gasteiger partial charge is 0.444 e. The van der Waals surface area contributed by atoms with Crippen LogP contribution in [0.15, 0.2) is 4.40 Å². The normalized spacial score (nSPS) is 24.4. The Labute approximate surface area is 148 Å². The van der Waals surface area contributed by atoms with Crippen molar-refractivity contribution in [3.8, 4) is 0 Å². The van der Waals surface area contributed by atoms with Crippen LogP contribution in [-0.4, -0.2) is 44.4 Å². The molecule has 0 aromatic rings. The highest BCUT2D eigenvalue weighted by molar-refractivity contribution is 7.85. The Kier molecular flexibility index (Phi) is 5.48. The van der Waals surface area contributed by atoms with Crippen molar-refractivity contribution >= 4 is 22.8 Å². The van der Waals surface area contributed by atoms with Gasteiger partial charge in [0.25, 0.3) is 0 Å². The number of carbonyl (C=O) groups excluding carboxylic acids is 1. The molecule has 1 saturated carbocycles. The summed E-state index contributed by atoms with van der Waals surface area (Å²) in [6, 6.07) is 0. The number of rotatable bonds is 1. The lowest BCUT2D eigenvalue weighted by molar-refractivity contribution is 0.0156. The van der Waals surface area contributed by atoms with Crippen LogP contribution in [0.1, 0.15) is 73.6 Å². The third kappa shape index (κ3) is 4.58. The minimum Gasteiger partial charge on any atom is -0.444 e. The second-order valence-electron chi connectivity index (χ2n) is 9.00. The van der Waals surface area contributed by atoms with Crippen molar-refractivity contribution in [2.24, 2.45) is 9.81 Å². The van der Waals surface area contributed by atoms with Gasteiger partial charge >= 0.3 is 6.09 Å². The molecule has 1 aliphatic heterocycles. The topological polar surface area (TPSA) is 59.0 Å². The second-order valence-corrected chi connectivity index (χ2v) is 10.9. The van der Waals surface area contributed by atoms with Crippen LogP contribution in [0.5, 0.6) is 0 Å². The van der Waals surface area contributed by atoms with Crippen LogP contribution in [0.3, 0.4) is 0 Å². The molecule has 138 valence electrons. The van der Waals surface area contributed by atoms with Crippen molar-refractivity contribution in [2.45, 2.75) is 84.0 Å². The average Bonchev–Trinajstić information content (AvgIpc) is 2.79. The van der Waals surface area contributed by atoms with Gasteiger partial charge in [0.05, 0.1) is 4.75 Å². The third-order valence-electron chi connectivity index (χ3n) is 4.77. The average molecular weight is 357 g/mol. The van der Waals surface area contributed by atoms with E-state index in [0.717, 1.165) is 37.8 Å². The Bertz CT molecular complexity index is 535. The lowest BCUT2D eigenvalue weighted by Crippen LogP contribution is -2.46. The molecule has 2 fully saturated rings. The van der Waals surface area contributed by atoms with E-state index in [4.69, 9.17) is 4.74 Å². The molecule has 24 heavy (non-hydrogen) atoms. The van der Waals surface area contributed by atoms with Gasteiger partial charge in [-0.15, -0.1) is 0 Å². The van der Waals surface area contributed by atoms with Crippen molar-refractivity contribution in [3.63, 3.8) is 0 Å². The number of carbonyl (C=O) groups is 1. The molecule has 2 rings (SSSR count). The molecule has 0 aromatic carbocycles. The van der Waals surface area contributed by atoms with E-state index < -0.39 is 16.6 Å².